The van der Waals surface area contributed by atoms with Crippen molar-refractivity contribution in [3.05, 3.63) is 42.5 Å². The first-order chi connectivity index (χ1) is 10.2. The van der Waals surface area contributed by atoms with E-state index in [-0.39, 0.29) is 18.1 Å². The third kappa shape index (κ3) is 3.11. The van der Waals surface area contributed by atoms with Gasteiger partial charge in [0.1, 0.15) is 12.7 Å². The second-order valence-electron chi connectivity index (χ2n) is 5.20. The molecule has 2 atom stereocenters. The zero-order valence-electron chi connectivity index (χ0n) is 11.9. The van der Waals surface area contributed by atoms with E-state index in [2.05, 4.69) is 15.4 Å². The molecule has 2 heterocycles. The minimum Gasteiger partial charge on any atom is -0.376 e. The quantitative estimate of drug-likeness (QED) is 0.926. The van der Waals surface area contributed by atoms with E-state index in [0.29, 0.717) is 5.56 Å². The molecule has 1 aromatic heterocycles. The molecular weight excluding hydrogens is 268 g/mol. The molecule has 1 fully saturated rings. The number of aromatic nitrogens is 3. The van der Waals surface area contributed by atoms with Gasteiger partial charge in [-0.3, -0.25) is 4.79 Å². The topological polar surface area (TPSA) is 69.0 Å². The molecule has 6 nitrogen and oxygen atoms in total. The standard InChI is InChI=1S/C15H18N4O2/c1-11(14-3-2-8-21-14)18-15(20)12-4-6-13(7-5-12)19-10-16-9-17-19/h4-7,9-11,14H,2-3,8H2,1H3,(H,18,20)/t11-,14+/m0/s1. The number of rotatable bonds is 4. The molecule has 1 saturated heterocycles. The Labute approximate surface area is 123 Å². The van der Waals surface area contributed by atoms with Gasteiger partial charge >= 0.3 is 0 Å². The summed E-state index contributed by atoms with van der Waals surface area (Å²) in [7, 11) is 0. The Balaban J connectivity index is 1.64. The summed E-state index contributed by atoms with van der Waals surface area (Å²) in [4.78, 5) is 16.1. The number of carbonyl (C=O) groups is 1. The highest BCUT2D eigenvalue weighted by atomic mass is 16.5. The van der Waals surface area contributed by atoms with E-state index < -0.39 is 0 Å². The maximum atomic E-state index is 12.2. The number of amides is 1. The van der Waals surface area contributed by atoms with Gasteiger partial charge in [-0.1, -0.05) is 0 Å². The van der Waals surface area contributed by atoms with E-state index in [1.807, 2.05) is 19.1 Å². The normalized spacial score (nSPS) is 19.4. The zero-order valence-corrected chi connectivity index (χ0v) is 11.9. The molecule has 0 unspecified atom stereocenters. The summed E-state index contributed by atoms with van der Waals surface area (Å²) >= 11 is 0. The molecule has 0 bridgehead atoms. The minimum atomic E-state index is -0.0804. The van der Waals surface area contributed by atoms with Gasteiger partial charge in [-0.05, 0) is 44.0 Å². The second kappa shape index (κ2) is 6.05. The van der Waals surface area contributed by atoms with Crippen molar-refractivity contribution in [1.82, 2.24) is 20.1 Å². The van der Waals surface area contributed by atoms with Gasteiger partial charge in [0.25, 0.3) is 5.91 Å². The summed E-state index contributed by atoms with van der Waals surface area (Å²) in [5.41, 5.74) is 1.50. The predicted octanol–water partition coefficient (Wildman–Crippen LogP) is 1.56. The van der Waals surface area contributed by atoms with E-state index >= 15 is 0 Å². The number of hydrogen-bond acceptors (Lipinski definition) is 4. The molecule has 6 heteroatoms. The molecule has 3 rings (SSSR count). The van der Waals surface area contributed by atoms with Crippen LogP contribution >= 0.6 is 0 Å². The van der Waals surface area contributed by atoms with Crippen molar-refractivity contribution in [2.24, 2.45) is 0 Å². The van der Waals surface area contributed by atoms with Crippen LogP contribution in [0.4, 0.5) is 0 Å². The van der Waals surface area contributed by atoms with Gasteiger partial charge in [0, 0.05) is 12.2 Å². The summed E-state index contributed by atoms with van der Waals surface area (Å²) < 4.78 is 7.24. The first kappa shape index (κ1) is 13.8. The van der Waals surface area contributed by atoms with E-state index in [9.17, 15) is 4.79 Å². The Morgan fingerprint density at radius 1 is 1.43 bits per heavy atom. The molecule has 21 heavy (non-hydrogen) atoms. The maximum absolute atomic E-state index is 12.2. The highest BCUT2D eigenvalue weighted by molar-refractivity contribution is 5.94. The molecule has 0 saturated carbocycles. The first-order valence-electron chi connectivity index (χ1n) is 7.11. The Bertz CT molecular complexity index is 589. The van der Waals surface area contributed by atoms with E-state index in [0.717, 1.165) is 25.1 Å². The van der Waals surface area contributed by atoms with Crippen molar-refractivity contribution in [3.8, 4) is 5.69 Å². The van der Waals surface area contributed by atoms with Crippen molar-refractivity contribution in [1.29, 1.82) is 0 Å². The number of ether oxygens (including phenoxy) is 1. The van der Waals surface area contributed by atoms with E-state index in [1.54, 1.807) is 23.1 Å². The van der Waals surface area contributed by atoms with Crippen molar-refractivity contribution in [2.75, 3.05) is 6.61 Å². The lowest BCUT2D eigenvalue weighted by atomic mass is 10.1. The summed E-state index contributed by atoms with van der Waals surface area (Å²) in [6, 6.07) is 7.29. The number of benzene rings is 1. The lowest BCUT2D eigenvalue weighted by Gasteiger charge is -2.20. The number of carbonyl (C=O) groups excluding carboxylic acids is 1. The van der Waals surface area contributed by atoms with E-state index in [1.165, 1.54) is 6.33 Å². The fourth-order valence-corrected chi connectivity index (χ4v) is 2.49. The third-order valence-corrected chi connectivity index (χ3v) is 3.69. The average molecular weight is 286 g/mol. The summed E-state index contributed by atoms with van der Waals surface area (Å²) in [6.07, 6.45) is 5.30. The molecule has 1 N–H and O–H groups in total. The zero-order chi connectivity index (χ0) is 14.7. The maximum Gasteiger partial charge on any atom is 0.251 e. The number of nitrogens with one attached hydrogen (secondary N) is 1. The van der Waals surface area contributed by atoms with Crippen LogP contribution in [0, 0.1) is 0 Å². The number of nitrogens with zero attached hydrogens (tertiary/aromatic N) is 3. The Morgan fingerprint density at radius 3 is 2.86 bits per heavy atom. The fraction of sp³-hybridized carbons (Fsp3) is 0.400. The SMILES string of the molecule is C[C@H](NC(=O)c1ccc(-n2cncn2)cc1)[C@H]1CCCO1. The van der Waals surface area contributed by atoms with Crippen LogP contribution in [-0.2, 0) is 4.74 Å². The lowest BCUT2D eigenvalue weighted by Crippen LogP contribution is -2.40. The summed E-state index contributed by atoms with van der Waals surface area (Å²) in [6.45, 7) is 2.77. The second-order valence-corrected chi connectivity index (χ2v) is 5.20. The van der Waals surface area contributed by atoms with Crippen LogP contribution in [0.25, 0.3) is 5.69 Å². The molecule has 1 aliphatic heterocycles. The molecule has 0 aliphatic carbocycles. The highest BCUT2D eigenvalue weighted by Crippen LogP contribution is 2.16. The van der Waals surface area contributed by atoms with Crippen LogP contribution in [0.2, 0.25) is 0 Å². The van der Waals surface area contributed by atoms with Crippen LogP contribution < -0.4 is 5.32 Å². The van der Waals surface area contributed by atoms with Gasteiger partial charge in [-0.2, -0.15) is 5.10 Å². The predicted molar refractivity (Wildman–Crippen MR) is 77.3 cm³/mol. The van der Waals surface area contributed by atoms with Crippen molar-refractivity contribution < 1.29 is 9.53 Å². The van der Waals surface area contributed by atoms with Gasteiger partial charge in [0.2, 0.25) is 0 Å². The molecule has 1 amide bonds. The molecule has 1 aromatic carbocycles. The first-order valence-corrected chi connectivity index (χ1v) is 7.11. The third-order valence-electron chi connectivity index (χ3n) is 3.69. The van der Waals surface area contributed by atoms with Crippen LogP contribution in [0.1, 0.15) is 30.1 Å². The number of hydrogen-bond donors (Lipinski definition) is 1. The minimum absolute atomic E-state index is 0.0231. The Hall–Kier alpha value is -2.21. The van der Waals surface area contributed by atoms with E-state index in [4.69, 9.17) is 4.74 Å². The van der Waals surface area contributed by atoms with Gasteiger partial charge in [-0.25, -0.2) is 9.67 Å². The van der Waals surface area contributed by atoms with Crippen molar-refractivity contribution >= 4 is 5.91 Å². The highest BCUT2D eigenvalue weighted by Gasteiger charge is 2.23. The van der Waals surface area contributed by atoms with Gasteiger partial charge in [0.05, 0.1) is 17.8 Å². The largest absolute Gasteiger partial charge is 0.376 e. The van der Waals surface area contributed by atoms with Crippen LogP contribution in [0.5, 0.6) is 0 Å². The van der Waals surface area contributed by atoms with Crippen LogP contribution in [0.15, 0.2) is 36.9 Å². The molecule has 0 radical (unpaired) electrons. The van der Waals surface area contributed by atoms with Gasteiger partial charge < -0.3 is 10.1 Å². The summed E-state index contributed by atoms with van der Waals surface area (Å²) in [5.74, 6) is -0.0804. The van der Waals surface area contributed by atoms with Crippen molar-refractivity contribution in [2.45, 2.75) is 31.9 Å². The monoisotopic (exact) mass is 286 g/mol. The molecule has 0 spiro atoms. The average Bonchev–Trinajstić information content (AvgIpc) is 3.20. The smallest absolute Gasteiger partial charge is 0.251 e. The Morgan fingerprint density at radius 2 is 2.24 bits per heavy atom. The fourth-order valence-electron chi connectivity index (χ4n) is 2.49. The van der Waals surface area contributed by atoms with Crippen LogP contribution in [0.3, 0.4) is 0 Å². The van der Waals surface area contributed by atoms with Crippen LogP contribution in [-0.4, -0.2) is 39.4 Å². The lowest BCUT2D eigenvalue weighted by molar-refractivity contribution is 0.0712. The molecule has 2 aromatic rings. The summed E-state index contributed by atoms with van der Waals surface area (Å²) in [5, 5.41) is 7.04. The molecule has 1 aliphatic rings. The van der Waals surface area contributed by atoms with Gasteiger partial charge in [-0.15, -0.1) is 0 Å². The molecular formula is C15H18N4O2. The molecule has 110 valence electrons. The van der Waals surface area contributed by atoms with Crippen molar-refractivity contribution in [3.63, 3.8) is 0 Å². The van der Waals surface area contributed by atoms with Gasteiger partial charge in [0.15, 0.2) is 0 Å². The Kier molecular flexibility index (Phi) is 3.96.